The Morgan fingerprint density at radius 2 is 2.50 bits per heavy atom. The first-order valence-electron chi connectivity index (χ1n) is 4.45. The maximum Gasteiger partial charge on any atom is 0.253 e. The molecule has 1 aromatic heterocycles. The second-order valence-electron chi connectivity index (χ2n) is 2.95. The van der Waals surface area contributed by atoms with Gasteiger partial charge in [-0.05, 0) is 29.3 Å². The molecule has 0 aliphatic carbocycles. The Labute approximate surface area is 86.0 Å². The first kappa shape index (κ1) is 9.21. The van der Waals surface area contributed by atoms with Gasteiger partial charge in [0.05, 0.1) is 0 Å². The van der Waals surface area contributed by atoms with Crippen molar-refractivity contribution in [2.75, 3.05) is 6.54 Å². The quantitative estimate of drug-likeness (QED) is 0.760. The zero-order valence-corrected chi connectivity index (χ0v) is 8.60. The Morgan fingerprint density at radius 1 is 1.64 bits per heavy atom. The highest BCUT2D eigenvalue weighted by molar-refractivity contribution is 7.08. The predicted molar refractivity (Wildman–Crippen MR) is 56.3 cm³/mol. The van der Waals surface area contributed by atoms with Crippen molar-refractivity contribution in [3.8, 4) is 0 Å². The SMILES string of the molecule is CCN=C1NC(=O)C(c2ccsc2)N1. The molecule has 2 heterocycles. The first-order chi connectivity index (χ1) is 6.81. The molecule has 1 fully saturated rings. The van der Waals surface area contributed by atoms with Gasteiger partial charge in [-0.1, -0.05) is 0 Å². The van der Waals surface area contributed by atoms with Gasteiger partial charge in [0.1, 0.15) is 6.04 Å². The van der Waals surface area contributed by atoms with E-state index in [4.69, 9.17) is 0 Å². The summed E-state index contributed by atoms with van der Waals surface area (Å²) >= 11 is 1.58. The normalized spacial score (nSPS) is 23.6. The summed E-state index contributed by atoms with van der Waals surface area (Å²) in [7, 11) is 0. The Bertz CT molecular complexity index is 358. The van der Waals surface area contributed by atoms with Crippen molar-refractivity contribution in [2.45, 2.75) is 13.0 Å². The molecule has 14 heavy (non-hydrogen) atoms. The van der Waals surface area contributed by atoms with Gasteiger partial charge >= 0.3 is 0 Å². The van der Waals surface area contributed by atoms with E-state index in [-0.39, 0.29) is 11.9 Å². The fourth-order valence-electron chi connectivity index (χ4n) is 1.34. The van der Waals surface area contributed by atoms with Crippen molar-refractivity contribution in [1.82, 2.24) is 10.6 Å². The lowest BCUT2D eigenvalue weighted by Crippen LogP contribution is -2.25. The van der Waals surface area contributed by atoms with Gasteiger partial charge in [-0.2, -0.15) is 11.3 Å². The third kappa shape index (κ3) is 1.63. The second kappa shape index (κ2) is 3.79. The van der Waals surface area contributed by atoms with Crippen LogP contribution in [0.2, 0.25) is 0 Å². The van der Waals surface area contributed by atoms with E-state index in [2.05, 4.69) is 15.6 Å². The second-order valence-corrected chi connectivity index (χ2v) is 3.73. The maximum atomic E-state index is 11.5. The van der Waals surface area contributed by atoms with Crippen LogP contribution < -0.4 is 10.6 Å². The first-order valence-corrected chi connectivity index (χ1v) is 5.39. The van der Waals surface area contributed by atoms with Crippen LogP contribution in [0.5, 0.6) is 0 Å². The number of hydrogen-bond donors (Lipinski definition) is 2. The van der Waals surface area contributed by atoms with Gasteiger partial charge in [-0.15, -0.1) is 0 Å². The molecule has 1 amide bonds. The number of rotatable bonds is 2. The molecule has 1 aromatic rings. The number of aliphatic imine (C=N–C) groups is 1. The summed E-state index contributed by atoms with van der Waals surface area (Å²) in [5.74, 6) is 0.546. The molecule has 0 saturated carbocycles. The highest BCUT2D eigenvalue weighted by Gasteiger charge is 2.29. The molecule has 1 atom stereocenters. The predicted octanol–water partition coefficient (Wildman–Crippen LogP) is 0.885. The number of nitrogens with one attached hydrogen (secondary N) is 2. The monoisotopic (exact) mass is 209 g/mol. The van der Waals surface area contributed by atoms with Crippen molar-refractivity contribution in [3.05, 3.63) is 22.4 Å². The lowest BCUT2D eigenvalue weighted by atomic mass is 10.1. The van der Waals surface area contributed by atoms with Gasteiger partial charge in [0, 0.05) is 6.54 Å². The minimum Gasteiger partial charge on any atom is -0.340 e. The zero-order chi connectivity index (χ0) is 9.97. The van der Waals surface area contributed by atoms with E-state index < -0.39 is 0 Å². The third-order valence-electron chi connectivity index (χ3n) is 1.98. The lowest BCUT2D eigenvalue weighted by molar-refractivity contribution is -0.120. The summed E-state index contributed by atoms with van der Waals surface area (Å²) in [5.41, 5.74) is 0.994. The molecule has 74 valence electrons. The summed E-state index contributed by atoms with van der Waals surface area (Å²) in [6, 6.07) is 1.67. The van der Waals surface area contributed by atoms with Gasteiger partial charge in [0.25, 0.3) is 5.91 Å². The summed E-state index contributed by atoms with van der Waals surface area (Å²) in [4.78, 5) is 15.6. The molecule has 1 saturated heterocycles. The van der Waals surface area contributed by atoms with Crippen molar-refractivity contribution >= 4 is 23.2 Å². The van der Waals surface area contributed by atoms with Crippen molar-refractivity contribution in [2.24, 2.45) is 4.99 Å². The largest absolute Gasteiger partial charge is 0.340 e. The zero-order valence-electron chi connectivity index (χ0n) is 7.78. The van der Waals surface area contributed by atoms with Crippen LogP contribution in [0, 0.1) is 0 Å². The van der Waals surface area contributed by atoms with E-state index >= 15 is 0 Å². The van der Waals surface area contributed by atoms with Crippen LogP contribution in [0.15, 0.2) is 21.8 Å². The van der Waals surface area contributed by atoms with E-state index in [1.54, 1.807) is 11.3 Å². The molecule has 0 spiro atoms. The molecule has 2 N–H and O–H groups in total. The van der Waals surface area contributed by atoms with E-state index in [1.165, 1.54) is 0 Å². The number of carbonyl (C=O) groups excluding carboxylic acids is 1. The molecule has 2 rings (SSSR count). The highest BCUT2D eigenvalue weighted by Crippen LogP contribution is 2.18. The van der Waals surface area contributed by atoms with Crippen molar-refractivity contribution < 1.29 is 4.79 Å². The Kier molecular flexibility index (Phi) is 2.49. The van der Waals surface area contributed by atoms with Gasteiger partial charge in [-0.3, -0.25) is 15.1 Å². The number of guanidine groups is 1. The van der Waals surface area contributed by atoms with Crippen LogP contribution in [0.25, 0.3) is 0 Å². The third-order valence-corrected chi connectivity index (χ3v) is 2.68. The van der Waals surface area contributed by atoms with Gasteiger partial charge in [0.15, 0.2) is 5.96 Å². The van der Waals surface area contributed by atoms with E-state index in [0.717, 1.165) is 5.56 Å². The summed E-state index contributed by atoms with van der Waals surface area (Å²) in [6.45, 7) is 2.59. The lowest BCUT2D eigenvalue weighted by Gasteiger charge is -2.03. The van der Waals surface area contributed by atoms with Crippen LogP contribution in [-0.2, 0) is 4.79 Å². The average molecular weight is 209 g/mol. The summed E-state index contributed by atoms with van der Waals surface area (Å²) in [6.07, 6.45) is 0. The van der Waals surface area contributed by atoms with Crippen LogP contribution in [0.4, 0.5) is 0 Å². The molecule has 0 aromatic carbocycles. The molecular formula is C9H11N3OS. The number of carbonyl (C=O) groups is 1. The Morgan fingerprint density at radius 3 is 3.14 bits per heavy atom. The summed E-state index contributed by atoms with van der Waals surface area (Å²) in [5, 5.41) is 9.66. The topological polar surface area (TPSA) is 53.5 Å². The summed E-state index contributed by atoms with van der Waals surface area (Å²) < 4.78 is 0. The van der Waals surface area contributed by atoms with Gasteiger partial charge in [0.2, 0.25) is 0 Å². The average Bonchev–Trinajstić information content (AvgIpc) is 2.74. The van der Waals surface area contributed by atoms with E-state index in [9.17, 15) is 4.79 Å². The fourth-order valence-corrected chi connectivity index (χ4v) is 2.03. The molecule has 0 bridgehead atoms. The standard InChI is InChI=1S/C9H11N3OS/c1-2-10-9-11-7(8(13)12-9)6-3-4-14-5-6/h3-5,7H,2H2,1H3,(H2,10,11,12,13). The molecule has 1 aliphatic heterocycles. The Hall–Kier alpha value is -1.36. The molecule has 4 nitrogen and oxygen atoms in total. The molecule has 1 unspecified atom stereocenters. The molecule has 5 heteroatoms. The van der Waals surface area contributed by atoms with Crippen LogP contribution >= 0.6 is 11.3 Å². The molecule has 0 radical (unpaired) electrons. The molecule has 1 aliphatic rings. The van der Waals surface area contributed by atoms with E-state index in [0.29, 0.717) is 12.5 Å². The maximum absolute atomic E-state index is 11.5. The van der Waals surface area contributed by atoms with Crippen molar-refractivity contribution in [3.63, 3.8) is 0 Å². The Balaban J connectivity index is 2.17. The van der Waals surface area contributed by atoms with Crippen LogP contribution in [0.1, 0.15) is 18.5 Å². The van der Waals surface area contributed by atoms with E-state index in [1.807, 2.05) is 23.8 Å². The molecular weight excluding hydrogens is 198 g/mol. The van der Waals surface area contributed by atoms with Crippen LogP contribution in [0.3, 0.4) is 0 Å². The number of amides is 1. The van der Waals surface area contributed by atoms with Gasteiger partial charge < -0.3 is 5.32 Å². The minimum atomic E-state index is -0.272. The minimum absolute atomic E-state index is 0.0319. The van der Waals surface area contributed by atoms with Crippen molar-refractivity contribution in [1.29, 1.82) is 0 Å². The number of thiophene rings is 1. The highest BCUT2D eigenvalue weighted by atomic mass is 32.1. The smallest absolute Gasteiger partial charge is 0.253 e. The fraction of sp³-hybridized carbons (Fsp3) is 0.333. The van der Waals surface area contributed by atoms with Crippen LogP contribution in [-0.4, -0.2) is 18.4 Å². The number of hydrogen-bond acceptors (Lipinski definition) is 3. The number of nitrogens with zero attached hydrogens (tertiary/aromatic N) is 1. The van der Waals surface area contributed by atoms with Gasteiger partial charge in [-0.25, -0.2) is 0 Å².